The van der Waals surface area contributed by atoms with Gasteiger partial charge in [0.05, 0.1) is 11.9 Å². The lowest BCUT2D eigenvalue weighted by Crippen LogP contribution is -2.13. The summed E-state index contributed by atoms with van der Waals surface area (Å²) in [5.74, 6) is -1.22. The maximum Gasteiger partial charge on any atom is 0.274 e. The van der Waals surface area contributed by atoms with Crippen LogP contribution < -0.4 is 20.1 Å². The number of aromatic nitrogens is 1. The number of fused-ring (bicyclic) bond motifs is 1. The second-order valence-corrected chi connectivity index (χ2v) is 5.71. The van der Waals surface area contributed by atoms with Crippen LogP contribution in [0, 0.1) is 11.6 Å². The van der Waals surface area contributed by atoms with E-state index in [0.29, 0.717) is 17.2 Å². The zero-order chi connectivity index (χ0) is 18.8. The molecule has 2 heterocycles. The summed E-state index contributed by atoms with van der Waals surface area (Å²) in [4.78, 5) is 16.3. The van der Waals surface area contributed by atoms with Crippen LogP contribution in [0.2, 0.25) is 0 Å². The van der Waals surface area contributed by atoms with E-state index in [1.807, 2.05) is 6.07 Å². The molecule has 0 bridgehead atoms. The van der Waals surface area contributed by atoms with Gasteiger partial charge in [-0.3, -0.25) is 4.79 Å². The van der Waals surface area contributed by atoms with E-state index in [4.69, 9.17) is 9.47 Å². The molecule has 1 aliphatic heterocycles. The first-order valence-electron chi connectivity index (χ1n) is 7.97. The number of benzene rings is 2. The minimum absolute atomic E-state index is 0.135. The minimum Gasteiger partial charge on any atom is -0.454 e. The van der Waals surface area contributed by atoms with E-state index in [1.165, 1.54) is 18.3 Å². The Bertz CT molecular complexity index is 1010. The number of hydrogen-bond acceptors (Lipinski definition) is 5. The number of ether oxygens (including phenoxy) is 2. The molecule has 0 unspecified atom stereocenters. The zero-order valence-corrected chi connectivity index (χ0v) is 13.8. The largest absolute Gasteiger partial charge is 0.454 e. The van der Waals surface area contributed by atoms with Gasteiger partial charge >= 0.3 is 0 Å². The van der Waals surface area contributed by atoms with Crippen LogP contribution in [-0.2, 0) is 0 Å². The molecule has 27 heavy (non-hydrogen) atoms. The number of nitrogens with zero attached hydrogens (tertiary/aromatic N) is 1. The SMILES string of the molecule is O=C(Nc1ccc(F)c(F)c1)c1ccc(Nc2ccc3c(c2)OCO3)cn1. The summed E-state index contributed by atoms with van der Waals surface area (Å²) in [5.41, 5.74) is 1.72. The highest BCUT2D eigenvalue weighted by atomic mass is 19.2. The molecular formula is C19H13F2N3O3. The highest BCUT2D eigenvalue weighted by Crippen LogP contribution is 2.35. The molecule has 2 N–H and O–H groups in total. The highest BCUT2D eigenvalue weighted by Gasteiger charge is 2.14. The van der Waals surface area contributed by atoms with Gasteiger partial charge in [-0.1, -0.05) is 0 Å². The average molecular weight is 369 g/mol. The summed E-state index contributed by atoms with van der Waals surface area (Å²) in [6, 6.07) is 11.7. The Morgan fingerprint density at radius 2 is 1.67 bits per heavy atom. The van der Waals surface area contributed by atoms with Crippen molar-refractivity contribution in [1.29, 1.82) is 0 Å². The molecule has 136 valence electrons. The summed E-state index contributed by atoms with van der Waals surface area (Å²) in [6.07, 6.45) is 1.49. The van der Waals surface area contributed by atoms with Crippen molar-refractivity contribution in [1.82, 2.24) is 4.98 Å². The Morgan fingerprint density at radius 3 is 2.44 bits per heavy atom. The number of anilines is 3. The van der Waals surface area contributed by atoms with Gasteiger partial charge in [0.25, 0.3) is 5.91 Å². The van der Waals surface area contributed by atoms with Crippen LogP contribution >= 0.6 is 0 Å². The molecule has 1 aliphatic rings. The fraction of sp³-hybridized carbons (Fsp3) is 0.0526. The number of hydrogen-bond donors (Lipinski definition) is 2. The molecule has 2 aromatic carbocycles. The Morgan fingerprint density at radius 1 is 0.889 bits per heavy atom. The van der Waals surface area contributed by atoms with E-state index in [2.05, 4.69) is 15.6 Å². The van der Waals surface area contributed by atoms with Gasteiger partial charge in [0.2, 0.25) is 6.79 Å². The van der Waals surface area contributed by atoms with Crippen molar-refractivity contribution in [3.63, 3.8) is 0 Å². The predicted octanol–water partition coefficient (Wildman–Crippen LogP) is 4.08. The maximum atomic E-state index is 13.2. The smallest absolute Gasteiger partial charge is 0.274 e. The van der Waals surface area contributed by atoms with Crippen LogP contribution in [0.1, 0.15) is 10.5 Å². The van der Waals surface area contributed by atoms with Gasteiger partial charge in [-0.2, -0.15) is 0 Å². The van der Waals surface area contributed by atoms with Crippen molar-refractivity contribution in [2.24, 2.45) is 0 Å². The molecule has 0 spiro atoms. The van der Waals surface area contributed by atoms with Crippen LogP contribution in [-0.4, -0.2) is 17.7 Å². The molecule has 4 rings (SSSR count). The van der Waals surface area contributed by atoms with E-state index < -0.39 is 17.5 Å². The minimum atomic E-state index is -1.04. The number of carbonyl (C=O) groups excluding carboxylic acids is 1. The van der Waals surface area contributed by atoms with Crippen LogP contribution in [0.3, 0.4) is 0 Å². The number of carbonyl (C=O) groups is 1. The summed E-state index contributed by atoms with van der Waals surface area (Å²) >= 11 is 0. The molecule has 0 atom stereocenters. The maximum absolute atomic E-state index is 13.2. The summed E-state index contributed by atoms with van der Waals surface area (Å²) in [6.45, 7) is 0.197. The molecule has 0 saturated heterocycles. The van der Waals surface area contributed by atoms with E-state index in [-0.39, 0.29) is 18.2 Å². The molecule has 6 nitrogen and oxygen atoms in total. The second kappa shape index (κ2) is 6.91. The third-order valence-electron chi connectivity index (χ3n) is 3.83. The topological polar surface area (TPSA) is 72.5 Å². The van der Waals surface area contributed by atoms with Crippen molar-refractivity contribution in [3.8, 4) is 11.5 Å². The normalized spacial score (nSPS) is 11.9. The number of rotatable bonds is 4. The fourth-order valence-corrected chi connectivity index (χ4v) is 2.51. The van der Waals surface area contributed by atoms with Crippen molar-refractivity contribution in [2.45, 2.75) is 0 Å². The Kier molecular flexibility index (Phi) is 4.29. The Balaban J connectivity index is 1.43. The monoisotopic (exact) mass is 369 g/mol. The van der Waals surface area contributed by atoms with Crippen LogP contribution in [0.15, 0.2) is 54.7 Å². The van der Waals surface area contributed by atoms with E-state index in [9.17, 15) is 13.6 Å². The van der Waals surface area contributed by atoms with Gasteiger partial charge in [-0.25, -0.2) is 13.8 Å². The van der Waals surface area contributed by atoms with Crippen molar-refractivity contribution < 1.29 is 23.0 Å². The molecule has 1 aromatic heterocycles. The molecule has 3 aromatic rings. The third-order valence-corrected chi connectivity index (χ3v) is 3.83. The van der Waals surface area contributed by atoms with E-state index >= 15 is 0 Å². The Hall–Kier alpha value is -3.68. The van der Waals surface area contributed by atoms with Crippen LogP contribution in [0.4, 0.5) is 25.8 Å². The second-order valence-electron chi connectivity index (χ2n) is 5.71. The first-order valence-corrected chi connectivity index (χ1v) is 7.97. The molecule has 0 aliphatic carbocycles. The van der Waals surface area contributed by atoms with Gasteiger partial charge in [-0.05, 0) is 36.4 Å². The fourth-order valence-electron chi connectivity index (χ4n) is 2.51. The zero-order valence-electron chi connectivity index (χ0n) is 13.8. The van der Waals surface area contributed by atoms with Gasteiger partial charge < -0.3 is 20.1 Å². The van der Waals surface area contributed by atoms with Crippen molar-refractivity contribution in [2.75, 3.05) is 17.4 Å². The van der Waals surface area contributed by atoms with Gasteiger partial charge in [0.1, 0.15) is 5.69 Å². The average Bonchev–Trinajstić information content (AvgIpc) is 3.13. The van der Waals surface area contributed by atoms with Crippen molar-refractivity contribution in [3.05, 3.63) is 72.1 Å². The van der Waals surface area contributed by atoms with Crippen LogP contribution in [0.5, 0.6) is 11.5 Å². The quantitative estimate of drug-likeness (QED) is 0.725. The van der Waals surface area contributed by atoms with E-state index in [0.717, 1.165) is 17.8 Å². The third kappa shape index (κ3) is 3.64. The molecule has 0 saturated carbocycles. The molecule has 0 fully saturated rings. The van der Waals surface area contributed by atoms with Gasteiger partial charge in [-0.15, -0.1) is 0 Å². The summed E-state index contributed by atoms with van der Waals surface area (Å²) in [5, 5.41) is 5.61. The number of pyridine rings is 1. The molecule has 1 amide bonds. The standard InChI is InChI=1S/C19H13F2N3O3/c20-14-4-1-11(7-15(14)21)24-19(25)16-5-2-13(9-22-16)23-12-3-6-17-18(8-12)27-10-26-17/h1-9,23H,10H2,(H,24,25). The van der Waals surface area contributed by atoms with E-state index in [1.54, 1.807) is 18.2 Å². The molecule has 8 heteroatoms. The lowest BCUT2D eigenvalue weighted by molar-refractivity contribution is 0.102. The summed E-state index contributed by atoms with van der Waals surface area (Å²) < 4.78 is 36.7. The van der Waals surface area contributed by atoms with Gasteiger partial charge in [0.15, 0.2) is 23.1 Å². The highest BCUT2D eigenvalue weighted by molar-refractivity contribution is 6.02. The predicted molar refractivity (Wildman–Crippen MR) is 94.4 cm³/mol. The van der Waals surface area contributed by atoms with Crippen molar-refractivity contribution >= 4 is 23.0 Å². The number of nitrogens with one attached hydrogen (secondary N) is 2. The lowest BCUT2D eigenvalue weighted by atomic mass is 10.2. The first kappa shape index (κ1) is 16.8. The molecular weight excluding hydrogens is 356 g/mol. The number of halogens is 2. The lowest BCUT2D eigenvalue weighted by Gasteiger charge is -2.08. The Labute approximate surface area is 152 Å². The van der Waals surface area contributed by atoms with Crippen LogP contribution in [0.25, 0.3) is 0 Å². The first-order chi connectivity index (χ1) is 13.1. The summed E-state index contributed by atoms with van der Waals surface area (Å²) in [7, 11) is 0. The molecule has 0 radical (unpaired) electrons. The van der Waals surface area contributed by atoms with Gasteiger partial charge in [0, 0.05) is 23.5 Å². The number of amides is 1.